The largest absolute Gasteiger partial charge is 0.444 e. The molecule has 0 saturated carbocycles. The van der Waals surface area contributed by atoms with Gasteiger partial charge in [-0.3, -0.25) is 4.79 Å². The van der Waals surface area contributed by atoms with Crippen LogP contribution in [0.1, 0.15) is 35.8 Å². The Bertz CT molecular complexity index is 1070. The zero-order valence-corrected chi connectivity index (χ0v) is 16.3. The summed E-state index contributed by atoms with van der Waals surface area (Å²) in [5, 5.41) is 10.5. The summed E-state index contributed by atoms with van der Waals surface area (Å²) in [7, 11) is 0. The maximum absolute atomic E-state index is 13.2. The molecule has 140 valence electrons. The molecule has 1 heterocycles. The standard InChI is InChI=1S/C22H16Cl2N2O2/c23-14-6-7-15(17(24)10-14)20-16(11-25)22(26)28-19-9-13(8-18(27)21(19)20)12-4-2-1-3-5-12/h1-7,10,13,20H,8-9,26H2. The predicted molar refractivity (Wildman–Crippen MR) is 108 cm³/mol. The molecule has 2 N–H and O–H groups in total. The number of ether oxygens (including phenoxy) is 1. The second-order valence-electron chi connectivity index (χ2n) is 6.87. The van der Waals surface area contributed by atoms with Crippen LogP contribution in [0.2, 0.25) is 10.0 Å². The van der Waals surface area contributed by atoms with Gasteiger partial charge in [0.1, 0.15) is 17.4 Å². The van der Waals surface area contributed by atoms with E-state index in [1.165, 1.54) is 0 Å². The second kappa shape index (κ2) is 7.35. The summed E-state index contributed by atoms with van der Waals surface area (Å²) < 4.78 is 5.76. The molecule has 28 heavy (non-hydrogen) atoms. The second-order valence-corrected chi connectivity index (χ2v) is 7.71. The van der Waals surface area contributed by atoms with Crippen LogP contribution < -0.4 is 5.73 Å². The third-order valence-corrected chi connectivity index (χ3v) is 5.77. The number of hydrogen-bond acceptors (Lipinski definition) is 4. The Morgan fingerprint density at radius 3 is 2.54 bits per heavy atom. The first-order valence-electron chi connectivity index (χ1n) is 8.83. The van der Waals surface area contributed by atoms with Crippen molar-refractivity contribution in [3.63, 3.8) is 0 Å². The third kappa shape index (κ3) is 3.17. The molecule has 2 aromatic carbocycles. The average molecular weight is 411 g/mol. The van der Waals surface area contributed by atoms with Crippen molar-refractivity contribution < 1.29 is 9.53 Å². The summed E-state index contributed by atoms with van der Waals surface area (Å²) in [6, 6.07) is 16.9. The van der Waals surface area contributed by atoms with E-state index in [2.05, 4.69) is 6.07 Å². The first-order valence-corrected chi connectivity index (χ1v) is 9.59. The summed E-state index contributed by atoms with van der Waals surface area (Å²) >= 11 is 12.4. The van der Waals surface area contributed by atoms with Crippen molar-refractivity contribution in [1.82, 2.24) is 0 Å². The summed E-state index contributed by atoms with van der Waals surface area (Å²) in [5.74, 6) is -0.185. The van der Waals surface area contributed by atoms with E-state index in [9.17, 15) is 10.1 Å². The molecule has 4 nitrogen and oxygen atoms in total. The Balaban J connectivity index is 1.82. The van der Waals surface area contributed by atoms with Gasteiger partial charge in [0.05, 0.1) is 5.92 Å². The van der Waals surface area contributed by atoms with Crippen molar-refractivity contribution in [1.29, 1.82) is 5.26 Å². The van der Waals surface area contributed by atoms with Gasteiger partial charge in [-0.1, -0.05) is 59.6 Å². The molecule has 2 aromatic rings. The summed E-state index contributed by atoms with van der Waals surface area (Å²) in [4.78, 5) is 13.2. The monoisotopic (exact) mass is 410 g/mol. The highest BCUT2D eigenvalue weighted by molar-refractivity contribution is 6.35. The molecule has 6 heteroatoms. The topological polar surface area (TPSA) is 76.1 Å². The number of carbonyl (C=O) groups excluding carboxylic acids is 1. The van der Waals surface area contributed by atoms with Crippen molar-refractivity contribution in [2.75, 3.05) is 0 Å². The number of benzene rings is 2. The summed E-state index contributed by atoms with van der Waals surface area (Å²) in [6.45, 7) is 0. The first kappa shape index (κ1) is 18.6. The van der Waals surface area contributed by atoms with Crippen LogP contribution in [0.25, 0.3) is 0 Å². The molecule has 1 aliphatic heterocycles. The minimum absolute atomic E-state index is 0.00484. The number of ketones is 1. The van der Waals surface area contributed by atoms with E-state index < -0.39 is 5.92 Å². The summed E-state index contributed by atoms with van der Waals surface area (Å²) in [5.41, 5.74) is 8.39. The van der Waals surface area contributed by atoms with Gasteiger partial charge >= 0.3 is 0 Å². The van der Waals surface area contributed by atoms with Gasteiger partial charge in [0, 0.05) is 28.5 Å². The van der Waals surface area contributed by atoms with E-state index in [1.54, 1.807) is 18.2 Å². The van der Waals surface area contributed by atoms with Crippen LogP contribution >= 0.6 is 23.2 Å². The van der Waals surface area contributed by atoms with Gasteiger partial charge in [-0.25, -0.2) is 0 Å². The lowest BCUT2D eigenvalue weighted by Crippen LogP contribution is -2.30. The van der Waals surface area contributed by atoms with Gasteiger partial charge in [0.15, 0.2) is 5.78 Å². The molecule has 2 unspecified atom stereocenters. The van der Waals surface area contributed by atoms with E-state index in [4.69, 9.17) is 33.7 Å². The Labute approximate surface area is 172 Å². The Kier molecular flexibility index (Phi) is 4.89. The SMILES string of the molecule is N#CC1=C(N)OC2=C(C(=O)CC(c3ccccc3)C2)C1c1ccc(Cl)cc1Cl. The number of carbonyl (C=O) groups is 1. The maximum Gasteiger partial charge on any atom is 0.205 e. The molecule has 2 atom stereocenters. The van der Waals surface area contributed by atoms with Gasteiger partial charge in [-0.05, 0) is 29.2 Å². The number of Topliss-reactive ketones (excluding diaryl/α,β-unsaturated/α-hetero) is 1. The normalized spacial score (nSPS) is 21.8. The third-order valence-electron chi connectivity index (χ3n) is 5.21. The lowest BCUT2D eigenvalue weighted by Gasteiger charge is -2.34. The van der Waals surface area contributed by atoms with E-state index in [0.29, 0.717) is 39.8 Å². The van der Waals surface area contributed by atoms with E-state index in [1.807, 2.05) is 30.3 Å². The Morgan fingerprint density at radius 2 is 1.86 bits per heavy atom. The van der Waals surface area contributed by atoms with E-state index in [-0.39, 0.29) is 23.2 Å². The fourth-order valence-corrected chi connectivity index (χ4v) is 4.43. The van der Waals surface area contributed by atoms with Crippen molar-refractivity contribution in [3.8, 4) is 6.07 Å². The Hall–Kier alpha value is -2.74. The molecule has 0 fully saturated rings. The number of nitriles is 1. The number of hydrogen-bond donors (Lipinski definition) is 1. The molecule has 0 aromatic heterocycles. The van der Waals surface area contributed by atoms with Gasteiger partial charge in [0.2, 0.25) is 5.88 Å². The quantitative estimate of drug-likeness (QED) is 0.737. The van der Waals surface area contributed by atoms with Crippen LogP contribution in [0.5, 0.6) is 0 Å². The van der Waals surface area contributed by atoms with Crippen molar-refractivity contribution in [3.05, 3.63) is 92.5 Å². The van der Waals surface area contributed by atoms with Gasteiger partial charge in [-0.2, -0.15) is 5.26 Å². The number of rotatable bonds is 2. The molecule has 0 bridgehead atoms. The molecule has 0 saturated heterocycles. The van der Waals surface area contributed by atoms with Crippen LogP contribution in [-0.2, 0) is 9.53 Å². The average Bonchev–Trinajstić information content (AvgIpc) is 2.67. The fraction of sp³-hybridized carbons (Fsp3) is 0.182. The van der Waals surface area contributed by atoms with E-state index >= 15 is 0 Å². The van der Waals surface area contributed by atoms with Crippen molar-refractivity contribution >= 4 is 29.0 Å². The lowest BCUT2D eigenvalue weighted by molar-refractivity contribution is -0.117. The van der Waals surface area contributed by atoms with Gasteiger partial charge in [0.25, 0.3) is 0 Å². The number of nitrogens with zero attached hydrogens (tertiary/aromatic N) is 1. The highest BCUT2D eigenvalue weighted by Crippen LogP contribution is 2.48. The Morgan fingerprint density at radius 1 is 1.11 bits per heavy atom. The molecule has 1 aliphatic carbocycles. The van der Waals surface area contributed by atoms with Crippen molar-refractivity contribution in [2.24, 2.45) is 5.73 Å². The molecule has 0 amide bonds. The zero-order valence-electron chi connectivity index (χ0n) is 14.8. The van der Waals surface area contributed by atoms with Gasteiger partial charge < -0.3 is 10.5 Å². The predicted octanol–water partition coefficient (Wildman–Crippen LogP) is 5.20. The van der Waals surface area contributed by atoms with E-state index in [0.717, 1.165) is 5.56 Å². The lowest BCUT2D eigenvalue weighted by atomic mass is 9.73. The molecule has 2 aliphatic rings. The first-order chi connectivity index (χ1) is 13.5. The maximum atomic E-state index is 13.2. The van der Waals surface area contributed by atoms with Crippen LogP contribution in [0.3, 0.4) is 0 Å². The number of nitrogens with two attached hydrogens (primary N) is 1. The molecule has 4 rings (SSSR count). The zero-order chi connectivity index (χ0) is 19.8. The highest BCUT2D eigenvalue weighted by Gasteiger charge is 2.41. The smallest absolute Gasteiger partial charge is 0.205 e. The summed E-state index contributed by atoms with van der Waals surface area (Å²) in [6.07, 6.45) is 0.874. The van der Waals surface area contributed by atoms with Crippen LogP contribution in [-0.4, -0.2) is 5.78 Å². The minimum Gasteiger partial charge on any atom is -0.444 e. The highest BCUT2D eigenvalue weighted by atomic mass is 35.5. The minimum atomic E-state index is -0.650. The number of halogens is 2. The molecule has 0 spiro atoms. The van der Waals surface area contributed by atoms with Crippen LogP contribution in [0.4, 0.5) is 0 Å². The molecular formula is C22H16Cl2N2O2. The van der Waals surface area contributed by atoms with Crippen LogP contribution in [0, 0.1) is 11.3 Å². The molecule has 0 radical (unpaired) electrons. The van der Waals surface area contributed by atoms with Gasteiger partial charge in [-0.15, -0.1) is 0 Å². The fourth-order valence-electron chi connectivity index (χ4n) is 3.92. The number of allylic oxidation sites excluding steroid dienone is 3. The van der Waals surface area contributed by atoms with Crippen molar-refractivity contribution in [2.45, 2.75) is 24.7 Å². The van der Waals surface area contributed by atoms with Crippen LogP contribution in [0.15, 0.2) is 71.3 Å². The molecular weight excluding hydrogens is 395 g/mol.